The molecule has 0 aliphatic heterocycles. The van der Waals surface area contributed by atoms with E-state index in [2.05, 4.69) is 26.6 Å². The molecule has 0 bridgehead atoms. The van der Waals surface area contributed by atoms with Gasteiger partial charge in [-0.2, -0.15) is 0 Å². The zero-order valence-electron chi connectivity index (χ0n) is 11.4. The molecule has 0 unspecified atom stereocenters. The van der Waals surface area contributed by atoms with Crippen LogP contribution in [0, 0.1) is 0 Å². The first-order valence-corrected chi connectivity index (χ1v) is 8.08. The SMILES string of the molecule is CC(=O)N[C@H](CC(=O)Nc1ccc(Br)cc1)c1cccs1. The van der Waals surface area contributed by atoms with Gasteiger partial charge in [0.05, 0.1) is 12.5 Å². The first-order valence-electron chi connectivity index (χ1n) is 6.40. The van der Waals surface area contributed by atoms with Crippen LogP contribution in [0.5, 0.6) is 0 Å². The van der Waals surface area contributed by atoms with E-state index in [1.807, 2.05) is 41.8 Å². The fourth-order valence-electron chi connectivity index (χ4n) is 1.89. The summed E-state index contributed by atoms with van der Waals surface area (Å²) >= 11 is 4.87. The Morgan fingerprint density at radius 2 is 1.95 bits per heavy atom. The number of nitrogens with one attached hydrogen (secondary N) is 2. The number of carbonyl (C=O) groups is 2. The summed E-state index contributed by atoms with van der Waals surface area (Å²) in [5, 5.41) is 7.57. The Kier molecular flexibility index (Phi) is 5.52. The minimum atomic E-state index is -0.294. The van der Waals surface area contributed by atoms with E-state index in [0.29, 0.717) is 0 Å². The number of hydrogen-bond acceptors (Lipinski definition) is 3. The van der Waals surface area contributed by atoms with E-state index < -0.39 is 0 Å². The number of amides is 2. The van der Waals surface area contributed by atoms with E-state index in [-0.39, 0.29) is 24.3 Å². The number of carbonyl (C=O) groups excluding carboxylic acids is 2. The van der Waals surface area contributed by atoms with Crippen molar-refractivity contribution in [1.29, 1.82) is 0 Å². The lowest BCUT2D eigenvalue weighted by Crippen LogP contribution is -2.29. The first kappa shape index (κ1) is 15.7. The van der Waals surface area contributed by atoms with Gasteiger partial charge in [-0.15, -0.1) is 11.3 Å². The predicted molar refractivity (Wildman–Crippen MR) is 88.3 cm³/mol. The van der Waals surface area contributed by atoms with Crippen LogP contribution in [0.25, 0.3) is 0 Å². The van der Waals surface area contributed by atoms with Crippen molar-refractivity contribution in [1.82, 2.24) is 5.32 Å². The third-order valence-corrected chi connectivity index (χ3v) is 4.30. The monoisotopic (exact) mass is 366 g/mol. The van der Waals surface area contributed by atoms with Crippen LogP contribution < -0.4 is 10.6 Å². The average molecular weight is 367 g/mol. The zero-order valence-corrected chi connectivity index (χ0v) is 13.8. The second-order valence-electron chi connectivity index (χ2n) is 4.53. The summed E-state index contributed by atoms with van der Waals surface area (Å²) in [4.78, 5) is 24.4. The molecule has 0 saturated carbocycles. The first-order chi connectivity index (χ1) is 10.0. The van der Waals surface area contributed by atoms with Crippen molar-refractivity contribution in [2.75, 3.05) is 5.32 Å². The summed E-state index contributed by atoms with van der Waals surface area (Å²) in [6.07, 6.45) is 0.205. The molecule has 21 heavy (non-hydrogen) atoms. The van der Waals surface area contributed by atoms with Crippen LogP contribution >= 0.6 is 27.3 Å². The summed E-state index contributed by atoms with van der Waals surface area (Å²) in [7, 11) is 0. The maximum atomic E-state index is 12.1. The Morgan fingerprint density at radius 1 is 1.24 bits per heavy atom. The van der Waals surface area contributed by atoms with E-state index in [4.69, 9.17) is 0 Å². The highest BCUT2D eigenvalue weighted by Crippen LogP contribution is 2.23. The minimum absolute atomic E-state index is 0.135. The van der Waals surface area contributed by atoms with E-state index in [9.17, 15) is 9.59 Å². The van der Waals surface area contributed by atoms with Crippen molar-refractivity contribution in [2.24, 2.45) is 0 Å². The number of halogens is 1. The molecule has 2 rings (SSSR count). The second-order valence-corrected chi connectivity index (χ2v) is 6.42. The van der Waals surface area contributed by atoms with Gasteiger partial charge in [0.2, 0.25) is 11.8 Å². The summed E-state index contributed by atoms with van der Waals surface area (Å²) in [6, 6.07) is 10.9. The van der Waals surface area contributed by atoms with Crippen molar-refractivity contribution in [2.45, 2.75) is 19.4 Å². The molecule has 1 aromatic carbocycles. The number of rotatable bonds is 5. The Balaban J connectivity index is 2.01. The highest BCUT2D eigenvalue weighted by Gasteiger charge is 2.18. The molecule has 0 fully saturated rings. The molecular formula is C15H15BrN2O2S. The summed E-state index contributed by atoms with van der Waals surface area (Å²) in [5.41, 5.74) is 0.732. The van der Waals surface area contributed by atoms with Crippen LogP contribution in [-0.2, 0) is 9.59 Å². The van der Waals surface area contributed by atoms with E-state index in [1.54, 1.807) is 0 Å². The molecule has 6 heteroatoms. The van der Waals surface area contributed by atoms with E-state index in [0.717, 1.165) is 15.0 Å². The van der Waals surface area contributed by atoms with Crippen LogP contribution in [-0.4, -0.2) is 11.8 Å². The zero-order chi connectivity index (χ0) is 15.2. The maximum absolute atomic E-state index is 12.1. The van der Waals surface area contributed by atoms with Crippen LogP contribution in [0.4, 0.5) is 5.69 Å². The molecule has 0 spiro atoms. The van der Waals surface area contributed by atoms with Crippen molar-refractivity contribution < 1.29 is 9.59 Å². The smallest absolute Gasteiger partial charge is 0.226 e. The molecule has 0 saturated heterocycles. The largest absolute Gasteiger partial charge is 0.348 e. The third-order valence-electron chi connectivity index (χ3n) is 2.78. The highest BCUT2D eigenvalue weighted by molar-refractivity contribution is 9.10. The van der Waals surface area contributed by atoms with Crippen molar-refractivity contribution in [3.63, 3.8) is 0 Å². The van der Waals surface area contributed by atoms with Gasteiger partial charge in [-0.05, 0) is 35.7 Å². The molecule has 110 valence electrons. The minimum Gasteiger partial charge on any atom is -0.348 e. The highest BCUT2D eigenvalue weighted by atomic mass is 79.9. The fraction of sp³-hybridized carbons (Fsp3) is 0.200. The van der Waals surface area contributed by atoms with Gasteiger partial charge in [0.15, 0.2) is 0 Å². The van der Waals surface area contributed by atoms with Gasteiger partial charge in [-0.25, -0.2) is 0 Å². The fourth-order valence-corrected chi connectivity index (χ4v) is 2.93. The van der Waals surface area contributed by atoms with Gasteiger partial charge in [0, 0.05) is 22.0 Å². The molecule has 2 aromatic rings. The van der Waals surface area contributed by atoms with Gasteiger partial charge in [0.1, 0.15) is 0 Å². The molecular weight excluding hydrogens is 352 g/mol. The topological polar surface area (TPSA) is 58.2 Å². The van der Waals surface area contributed by atoms with E-state index in [1.165, 1.54) is 18.3 Å². The molecule has 1 aromatic heterocycles. The quantitative estimate of drug-likeness (QED) is 0.846. The van der Waals surface area contributed by atoms with Crippen LogP contribution in [0.1, 0.15) is 24.3 Å². The number of benzene rings is 1. The molecule has 0 aliphatic rings. The number of thiophene rings is 1. The van der Waals surface area contributed by atoms with Crippen LogP contribution in [0.15, 0.2) is 46.3 Å². The predicted octanol–water partition coefficient (Wildman–Crippen LogP) is 3.72. The Bertz CT molecular complexity index is 611. The molecule has 1 atom stereocenters. The number of hydrogen-bond donors (Lipinski definition) is 2. The van der Waals surface area contributed by atoms with Crippen molar-refractivity contribution in [3.8, 4) is 0 Å². The summed E-state index contributed by atoms with van der Waals surface area (Å²) in [6.45, 7) is 1.45. The lowest BCUT2D eigenvalue weighted by Gasteiger charge is -2.16. The normalized spacial score (nSPS) is 11.7. The Labute approximate surface area is 135 Å². The second kappa shape index (κ2) is 7.38. The molecule has 2 amide bonds. The standard InChI is InChI=1S/C15H15BrN2O2S/c1-10(19)17-13(14-3-2-8-21-14)9-15(20)18-12-6-4-11(16)5-7-12/h2-8,13H,9H2,1H3,(H,17,19)(H,18,20)/t13-/m1/s1. The lowest BCUT2D eigenvalue weighted by molar-refractivity contribution is -0.120. The molecule has 0 radical (unpaired) electrons. The average Bonchev–Trinajstić information content (AvgIpc) is 2.94. The molecule has 2 N–H and O–H groups in total. The van der Waals surface area contributed by atoms with Crippen LogP contribution in [0.2, 0.25) is 0 Å². The van der Waals surface area contributed by atoms with Crippen molar-refractivity contribution >= 4 is 44.8 Å². The number of anilines is 1. The molecule has 1 heterocycles. The van der Waals surface area contributed by atoms with Gasteiger partial charge in [-0.3, -0.25) is 9.59 Å². The van der Waals surface area contributed by atoms with Gasteiger partial charge < -0.3 is 10.6 Å². The van der Waals surface area contributed by atoms with Crippen molar-refractivity contribution in [3.05, 3.63) is 51.1 Å². The maximum Gasteiger partial charge on any atom is 0.226 e. The summed E-state index contributed by atoms with van der Waals surface area (Å²) < 4.78 is 0.954. The van der Waals surface area contributed by atoms with Gasteiger partial charge >= 0.3 is 0 Å². The molecule has 0 aliphatic carbocycles. The Morgan fingerprint density at radius 3 is 2.52 bits per heavy atom. The molecule has 4 nitrogen and oxygen atoms in total. The summed E-state index contributed by atoms with van der Waals surface area (Å²) in [5.74, 6) is -0.283. The van der Waals surface area contributed by atoms with Gasteiger partial charge in [-0.1, -0.05) is 22.0 Å². The van der Waals surface area contributed by atoms with E-state index >= 15 is 0 Å². The lowest BCUT2D eigenvalue weighted by atomic mass is 10.1. The third kappa shape index (κ3) is 4.99. The van der Waals surface area contributed by atoms with Crippen LogP contribution in [0.3, 0.4) is 0 Å². The van der Waals surface area contributed by atoms with Gasteiger partial charge in [0.25, 0.3) is 0 Å². The Hall–Kier alpha value is -1.66.